The molecule has 1 aliphatic heterocycles. The summed E-state index contributed by atoms with van der Waals surface area (Å²) in [5, 5.41) is 2.90. The molecule has 1 saturated heterocycles. The van der Waals surface area contributed by atoms with Crippen LogP contribution >= 0.6 is 0 Å². The summed E-state index contributed by atoms with van der Waals surface area (Å²) >= 11 is 0. The van der Waals surface area contributed by atoms with Crippen molar-refractivity contribution >= 4 is 11.9 Å². The summed E-state index contributed by atoms with van der Waals surface area (Å²) in [6.07, 6.45) is 0.618. The third-order valence-electron chi connectivity index (χ3n) is 2.18. The minimum absolute atomic E-state index is 0.361. The van der Waals surface area contributed by atoms with E-state index in [1.807, 2.05) is 0 Å². The molecule has 5 heteroatoms. The topological polar surface area (TPSA) is 64.6 Å². The van der Waals surface area contributed by atoms with Crippen molar-refractivity contribution in [3.63, 3.8) is 0 Å². The molecule has 1 N–H and O–H groups in total. The van der Waals surface area contributed by atoms with Crippen molar-refractivity contribution in [1.29, 1.82) is 0 Å². The lowest BCUT2D eigenvalue weighted by Crippen LogP contribution is -2.39. The molecule has 0 radical (unpaired) electrons. The largest absolute Gasteiger partial charge is 0.469 e. The summed E-state index contributed by atoms with van der Waals surface area (Å²) in [6, 6.07) is -0.544. The number of carbonyl (C=O) groups is 2. The Hall–Kier alpha value is -1.10. The monoisotopic (exact) mass is 187 g/mol. The average molecular weight is 187 g/mol. The molecule has 0 aromatic rings. The van der Waals surface area contributed by atoms with E-state index in [-0.39, 0.29) is 5.97 Å². The van der Waals surface area contributed by atoms with E-state index in [0.29, 0.717) is 13.0 Å². The van der Waals surface area contributed by atoms with E-state index in [2.05, 4.69) is 14.8 Å². The maximum Gasteiger partial charge on any atom is 0.323 e. The van der Waals surface area contributed by atoms with Crippen LogP contribution in [-0.2, 0) is 19.1 Å². The van der Waals surface area contributed by atoms with E-state index in [4.69, 9.17) is 0 Å². The predicted molar refractivity (Wildman–Crippen MR) is 43.9 cm³/mol. The zero-order chi connectivity index (χ0) is 9.84. The summed E-state index contributed by atoms with van der Waals surface area (Å²) in [5.41, 5.74) is 0. The van der Waals surface area contributed by atoms with Gasteiger partial charge in [-0.05, 0) is 13.0 Å². The molecule has 0 bridgehead atoms. The summed E-state index contributed by atoms with van der Waals surface area (Å²) in [6.45, 7) is 0.638. The molecule has 1 fully saturated rings. The first-order chi connectivity index (χ1) is 6.20. The minimum atomic E-state index is -0.544. The second-order valence-electron chi connectivity index (χ2n) is 2.87. The Kier molecular flexibility index (Phi) is 3.25. The van der Waals surface area contributed by atoms with E-state index in [0.717, 1.165) is 0 Å². The van der Waals surface area contributed by atoms with Crippen LogP contribution in [0.2, 0.25) is 0 Å². The normalized spacial score (nSPS) is 26.9. The van der Waals surface area contributed by atoms with Crippen molar-refractivity contribution in [2.24, 2.45) is 5.92 Å². The average Bonchev–Trinajstić information content (AvgIpc) is 2.63. The standard InChI is InChI=1S/C8H13NO4/c1-12-7(10)5-3-4-9-6(5)8(11)13-2/h5-6,9H,3-4H2,1-2H3/t5?,6-/m0/s1. The summed E-state index contributed by atoms with van der Waals surface area (Å²) in [7, 11) is 2.62. The molecule has 1 unspecified atom stereocenters. The van der Waals surface area contributed by atoms with Crippen LogP contribution in [0.25, 0.3) is 0 Å². The fourth-order valence-corrected chi connectivity index (χ4v) is 1.48. The van der Waals surface area contributed by atoms with Gasteiger partial charge in [-0.1, -0.05) is 0 Å². The van der Waals surface area contributed by atoms with Crippen molar-refractivity contribution in [1.82, 2.24) is 5.32 Å². The van der Waals surface area contributed by atoms with Crippen molar-refractivity contribution in [3.8, 4) is 0 Å². The molecule has 0 aliphatic carbocycles. The summed E-state index contributed by atoms with van der Waals surface area (Å²) in [4.78, 5) is 22.3. The number of methoxy groups -OCH3 is 2. The highest BCUT2D eigenvalue weighted by Gasteiger charge is 2.38. The molecule has 0 saturated carbocycles. The van der Waals surface area contributed by atoms with Gasteiger partial charge in [-0.2, -0.15) is 0 Å². The highest BCUT2D eigenvalue weighted by molar-refractivity contribution is 5.85. The number of hydrogen-bond acceptors (Lipinski definition) is 5. The fraction of sp³-hybridized carbons (Fsp3) is 0.750. The molecule has 1 rings (SSSR count). The number of rotatable bonds is 2. The number of nitrogens with one attached hydrogen (secondary N) is 1. The SMILES string of the molecule is COC(=O)C1CCN[C@@H]1C(=O)OC. The van der Waals surface area contributed by atoms with Crippen molar-refractivity contribution in [3.05, 3.63) is 0 Å². The number of carbonyl (C=O) groups excluding carboxylic acids is 2. The Labute approximate surface area is 76.4 Å². The fourth-order valence-electron chi connectivity index (χ4n) is 1.48. The van der Waals surface area contributed by atoms with Crippen LogP contribution < -0.4 is 5.32 Å². The lowest BCUT2D eigenvalue weighted by Gasteiger charge is -2.14. The first kappa shape index (κ1) is 9.98. The summed E-state index contributed by atoms with van der Waals surface area (Å²) in [5.74, 6) is -1.18. The van der Waals surface area contributed by atoms with Crippen LogP contribution in [0.3, 0.4) is 0 Å². The van der Waals surface area contributed by atoms with Gasteiger partial charge in [0.05, 0.1) is 20.1 Å². The van der Waals surface area contributed by atoms with Gasteiger partial charge in [0.25, 0.3) is 0 Å². The van der Waals surface area contributed by atoms with Crippen LogP contribution in [0.5, 0.6) is 0 Å². The molecule has 0 amide bonds. The van der Waals surface area contributed by atoms with Gasteiger partial charge in [-0.15, -0.1) is 0 Å². The highest BCUT2D eigenvalue weighted by atomic mass is 16.5. The Morgan fingerprint density at radius 1 is 1.23 bits per heavy atom. The van der Waals surface area contributed by atoms with Crippen LogP contribution in [0.15, 0.2) is 0 Å². The molecule has 0 aromatic carbocycles. The third kappa shape index (κ3) is 1.98. The number of hydrogen-bond donors (Lipinski definition) is 1. The van der Waals surface area contributed by atoms with E-state index in [9.17, 15) is 9.59 Å². The Morgan fingerprint density at radius 2 is 1.85 bits per heavy atom. The predicted octanol–water partition coefficient (Wildman–Crippen LogP) is -0.690. The van der Waals surface area contributed by atoms with Gasteiger partial charge in [0, 0.05) is 0 Å². The zero-order valence-electron chi connectivity index (χ0n) is 7.70. The van der Waals surface area contributed by atoms with E-state index < -0.39 is 17.9 Å². The molecule has 0 aromatic heterocycles. The van der Waals surface area contributed by atoms with Crippen LogP contribution in [0.1, 0.15) is 6.42 Å². The molecule has 74 valence electrons. The lowest BCUT2D eigenvalue weighted by molar-refractivity contribution is -0.153. The first-order valence-corrected chi connectivity index (χ1v) is 4.09. The molecule has 0 spiro atoms. The first-order valence-electron chi connectivity index (χ1n) is 4.09. The molecular weight excluding hydrogens is 174 g/mol. The quantitative estimate of drug-likeness (QED) is 0.580. The Morgan fingerprint density at radius 3 is 2.38 bits per heavy atom. The van der Waals surface area contributed by atoms with Crippen molar-refractivity contribution in [2.45, 2.75) is 12.5 Å². The second-order valence-corrected chi connectivity index (χ2v) is 2.87. The molecule has 5 nitrogen and oxygen atoms in total. The third-order valence-corrected chi connectivity index (χ3v) is 2.18. The van der Waals surface area contributed by atoms with Crippen LogP contribution in [0, 0.1) is 5.92 Å². The van der Waals surface area contributed by atoms with E-state index >= 15 is 0 Å². The maximum absolute atomic E-state index is 11.2. The van der Waals surface area contributed by atoms with Gasteiger partial charge < -0.3 is 14.8 Å². The molecule has 2 atom stereocenters. The van der Waals surface area contributed by atoms with Gasteiger partial charge in [0.2, 0.25) is 0 Å². The van der Waals surface area contributed by atoms with Crippen LogP contribution in [0.4, 0.5) is 0 Å². The van der Waals surface area contributed by atoms with Gasteiger partial charge in [0.15, 0.2) is 0 Å². The van der Waals surface area contributed by atoms with Crippen molar-refractivity contribution < 1.29 is 19.1 Å². The van der Waals surface area contributed by atoms with Crippen LogP contribution in [-0.4, -0.2) is 38.7 Å². The highest BCUT2D eigenvalue weighted by Crippen LogP contribution is 2.17. The maximum atomic E-state index is 11.2. The Bertz CT molecular complexity index is 194. The molecule has 13 heavy (non-hydrogen) atoms. The van der Waals surface area contributed by atoms with E-state index in [1.165, 1.54) is 14.2 Å². The zero-order valence-corrected chi connectivity index (χ0v) is 7.70. The van der Waals surface area contributed by atoms with E-state index in [1.54, 1.807) is 0 Å². The Balaban J connectivity index is 2.63. The molecular formula is C8H13NO4. The van der Waals surface area contributed by atoms with Gasteiger partial charge in [-0.3, -0.25) is 9.59 Å². The second kappa shape index (κ2) is 4.23. The van der Waals surface area contributed by atoms with Gasteiger partial charge in [0.1, 0.15) is 6.04 Å². The summed E-state index contributed by atoms with van der Waals surface area (Å²) < 4.78 is 9.12. The molecule has 1 aliphatic rings. The number of ether oxygens (including phenoxy) is 2. The lowest BCUT2D eigenvalue weighted by atomic mass is 10.0. The minimum Gasteiger partial charge on any atom is -0.469 e. The number of esters is 2. The van der Waals surface area contributed by atoms with Gasteiger partial charge in [-0.25, -0.2) is 0 Å². The molecule has 1 heterocycles. The van der Waals surface area contributed by atoms with Gasteiger partial charge >= 0.3 is 11.9 Å². The van der Waals surface area contributed by atoms with Crippen molar-refractivity contribution in [2.75, 3.05) is 20.8 Å². The smallest absolute Gasteiger partial charge is 0.323 e.